The molecule has 0 aliphatic carbocycles. The quantitative estimate of drug-likeness (QED) is 0.803. The van der Waals surface area contributed by atoms with Crippen molar-refractivity contribution in [3.05, 3.63) is 71.4 Å². The van der Waals surface area contributed by atoms with Gasteiger partial charge in [-0.05, 0) is 30.7 Å². The minimum absolute atomic E-state index is 0.180. The van der Waals surface area contributed by atoms with Gasteiger partial charge in [-0.2, -0.15) is 0 Å². The summed E-state index contributed by atoms with van der Waals surface area (Å²) in [5, 5.41) is 5.37. The first kappa shape index (κ1) is 17.3. The summed E-state index contributed by atoms with van der Waals surface area (Å²) in [6.45, 7) is 2.29. The Morgan fingerprint density at radius 2 is 1.71 bits per heavy atom. The highest BCUT2D eigenvalue weighted by Gasteiger charge is 2.16. The molecule has 5 heteroatoms. The lowest BCUT2D eigenvalue weighted by Crippen LogP contribution is -2.34. The summed E-state index contributed by atoms with van der Waals surface area (Å²) in [4.78, 5) is 24.8. The molecular formula is C19H20N2O3. The number of hydrogen-bond donors (Lipinski definition) is 2. The van der Waals surface area contributed by atoms with Crippen LogP contribution in [0.15, 0.2) is 60.3 Å². The number of amides is 2. The maximum Gasteiger partial charge on any atom is 0.267 e. The summed E-state index contributed by atoms with van der Waals surface area (Å²) >= 11 is 0. The van der Waals surface area contributed by atoms with Gasteiger partial charge in [0.1, 0.15) is 11.4 Å². The van der Waals surface area contributed by atoms with Gasteiger partial charge in [-0.25, -0.2) is 0 Å². The lowest BCUT2D eigenvalue weighted by molar-refractivity contribution is -0.117. The van der Waals surface area contributed by atoms with Crippen LogP contribution in [0.5, 0.6) is 5.75 Å². The molecule has 2 N–H and O–H groups in total. The van der Waals surface area contributed by atoms with Gasteiger partial charge in [-0.3, -0.25) is 9.59 Å². The van der Waals surface area contributed by atoms with E-state index in [1.807, 2.05) is 37.3 Å². The van der Waals surface area contributed by atoms with E-state index < -0.39 is 5.91 Å². The Morgan fingerprint density at radius 3 is 2.38 bits per heavy atom. The number of hydrogen-bond acceptors (Lipinski definition) is 3. The van der Waals surface area contributed by atoms with Crippen LogP contribution in [0.1, 0.15) is 22.8 Å². The van der Waals surface area contributed by atoms with E-state index in [2.05, 4.69) is 10.6 Å². The average Bonchev–Trinajstić information content (AvgIpc) is 2.62. The molecule has 5 nitrogen and oxygen atoms in total. The van der Waals surface area contributed by atoms with Gasteiger partial charge in [0.15, 0.2) is 0 Å². The molecule has 0 saturated heterocycles. The van der Waals surface area contributed by atoms with Gasteiger partial charge in [0.2, 0.25) is 0 Å². The fourth-order valence-corrected chi connectivity index (χ4v) is 2.15. The topological polar surface area (TPSA) is 67.4 Å². The van der Waals surface area contributed by atoms with Crippen LogP contribution >= 0.6 is 0 Å². The molecule has 0 heterocycles. The van der Waals surface area contributed by atoms with E-state index in [4.69, 9.17) is 4.74 Å². The molecule has 0 aliphatic rings. The van der Waals surface area contributed by atoms with Crippen molar-refractivity contribution in [3.63, 3.8) is 0 Å². The Balaban J connectivity index is 2.30. The van der Waals surface area contributed by atoms with Gasteiger partial charge in [0.05, 0.1) is 12.7 Å². The van der Waals surface area contributed by atoms with Crippen LogP contribution in [0.3, 0.4) is 0 Å². The molecule has 0 spiro atoms. The van der Waals surface area contributed by atoms with Crippen molar-refractivity contribution >= 4 is 17.9 Å². The Labute approximate surface area is 141 Å². The smallest absolute Gasteiger partial charge is 0.267 e. The van der Waals surface area contributed by atoms with Gasteiger partial charge < -0.3 is 15.4 Å². The van der Waals surface area contributed by atoms with Crippen LogP contribution in [-0.4, -0.2) is 25.5 Å². The number of nitrogens with one attached hydrogen (secondary N) is 2. The normalized spacial score (nSPS) is 10.8. The van der Waals surface area contributed by atoms with E-state index in [1.54, 1.807) is 30.3 Å². The fraction of sp³-hybridized carbons (Fsp3) is 0.158. The maximum absolute atomic E-state index is 12.5. The van der Waals surface area contributed by atoms with E-state index in [9.17, 15) is 9.59 Å². The Kier molecular flexibility index (Phi) is 6.14. The SMILES string of the molecule is CCNC(=O)/C(=C/c1ccccc1)NC(=O)c1ccccc1OC. The zero-order chi connectivity index (χ0) is 17.4. The van der Waals surface area contributed by atoms with E-state index >= 15 is 0 Å². The van der Waals surface area contributed by atoms with Crippen LogP contribution in [0.2, 0.25) is 0 Å². The van der Waals surface area contributed by atoms with Gasteiger partial charge in [-0.15, -0.1) is 0 Å². The second-order valence-electron chi connectivity index (χ2n) is 4.98. The minimum Gasteiger partial charge on any atom is -0.496 e. The molecule has 0 unspecified atom stereocenters. The van der Waals surface area contributed by atoms with Gasteiger partial charge in [-0.1, -0.05) is 42.5 Å². The highest BCUT2D eigenvalue weighted by atomic mass is 16.5. The molecule has 0 aliphatic heterocycles. The van der Waals surface area contributed by atoms with Crippen LogP contribution < -0.4 is 15.4 Å². The second kappa shape index (κ2) is 8.53. The first-order valence-corrected chi connectivity index (χ1v) is 7.65. The van der Waals surface area contributed by atoms with E-state index in [0.717, 1.165) is 5.56 Å². The van der Waals surface area contributed by atoms with Crippen molar-refractivity contribution in [2.75, 3.05) is 13.7 Å². The first-order valence-electron chi connectivity index (χ1n) is 7.65. The summed E-state index contributed by atoms with van der Waals surface area (Å²) in [5.41, 5.74) is 1.36. The van der Waals surface area contributed by atoms with Crippen LogP contribution in [-0.2, 0) is 4.79 Å². The number of para-hydroxylation sites is 1. The van der Waals surface area contributed by atoms with E-state index in [-0.39, 0.29) is 11.6 Å². The number of carbonyl (C=O) groups is 2. The summed E-state index contributed by atoms with van der Waals surface area (Å²) in [7, 11) is 1.50. The molecular weight excluding hydrogens is 304 g/mol. The first-order chi connectivity index (χ1) is 11.7. The second-order valence-corrected chi connectivity index (χ2v) is 4.98. The molecule has 0 fully saturated rings. The van der Waals surface area contributed by atoms with Crippen LogP contribution in [0.4, 0.5) is 0 Å². The molecule has 0 bridgehead atoms. The summed E-state index contributed by atoms with van der Waals surface area (Å²) < 4.78 is 5.19. The number of carbonyl (C=O) groups excluding carboxylic acids is 2. The molecule has 124 valence electrons. The van der Waals surface area contributed by atoms with Crippen molar-refractivity contribution in [1.82, 2.24) is 10.6 Å². The monoisotopic (exact) mass is 324 g/mol. The number of likely N-dealkylation sites (N-methyl/N-ethyl adjacent to an activating group) is 1. The Hall–Kier alpha value is -3.08. The predicted octanol–water partition coefficient (Wildman–Crippen LogP) is 2.60. The number of benzene rings is 2. The van der Waals surface area contributed by atoms with Crippen LogP contribution in [0.25, 0.3) is 6.08 Å². The van der Waals surface area contributed by atoms with Gasteiger partial charge >= 0.3 is 0 Å². The Morgan fingerprint density at radius 1 is 1.04 bits per heavy atom. The molecule has 2 aromatic carbocycles. The van der Waals surface area contributed by atoms with Crippen molar-refractivity contribution in [3.8, 4) is 5.75 Å². The lowest BCUT2D eigenvalue weighted by Gasteiger charge is -2.12. The van der Waals surface area contributed by atoms with Gasteiger partial charge in [0, 0.05) is 6.54 Å². The molecule has 2 aromatic rings. The third-order valence-electron chi connectivity index (χ3n) is 3.29. The van der Waals surface area contributed by atoms with Crippen molar-refractivity contribution in [1.29, 1.82) is 0 Å². The average molecular weight is 324 g/mol. The molecule has 2 rings (SSSR count). The predicted molar refractivity (Wildman–Crippen MR) is 93.6 cm³/mol. The number of rotatable bonds is 6. The standard InChI is InChI=1S/C19H20N2O3/c1-3-20-19(23)16(13-14-9-5-4-6-10-14)21-18(22)15-11-7-8-12-17(15)24-2/h4-13H,3H2,1-2H3,(H,20,23)(H,21,22)/b16-13-. The highest BCUT2D eigenvalue weighted by molar-refractivity contribution is 6.06. The third-order valence-corrected chi connectivity index (χ3v) is 3.29. The zero-order valence-electron chi connectivity index (χ0n) is 13.7. The summed E-state index contributed by atoms with van der Waals surface area (Å²) in [6.07, 6.45) is 1.64. The van der Waals surface area contributed by atoms with Crippen molar-refractivity contribution in [2.24, 2.45) is 0 Å². The van der Waals surface area contributed by atoms with Crippen LogP contribution in [0, 0.1) is 0 Å². The lowest BCUT2D eigenvalue weighted by atomic mass is 10.1. The molecule has 0 saturated carbocycles. The number of methoxy groups -OCH3 is 1. The molecule has 0 aromatic heterocycles. The number of ether oxygens (including phenoxy) is 1. The fourth-order valence-electron chi connectivity index (χ4n) is 2.15. The molecule has 24 heavy (non-hydrogen) atoms. The maximum atomic E-state index is 12.5. The van der Waals surface area contributed by atoms with Crippen molar-refractivity contribution < 1.29 is 14.3 Å². The largest absolute Gasteiger partial charge is 0.496 e. The summed E-state index contributed by atoms with van der Waals surface area (Å²) in [6, 6.07) is 16.2. The van der Waals surface area contributed by atoms with Gasteiger partial charge in [0.25, 0.3) is 11.8 Å². The van der Waals surface area contributed by atoms with Crippen molar-refractivity contribution in [2.45, 2.75) is 6.92 Å². The Bertz CT molecular complexity index is 739. The molecule has 0 radical (unpaired) electrons. The van der Waals surface area contributed by atoms with E-state index in [0.29, 0.717) is 17.9 Å². The zero-order valence-corrected chi connectivity index (χ0v) is 13.7. The minimum atomic E-state index is -0.402. The van der Waals surface area contributed by atoms with E-state index in [1.165, 1.54) is 7.11 Å². The summed E-state index contributed by atoms with van der Waals surface area (Å²) in [5.74, 6) is -0.296. The highest BCUT2D eigenvalue weighted by Crippen LogP contribution is 2.17. The molecule has 2 amide bonds. The molecule has 0 atom stereocenters. The third kappa shape index (κ3) is 4.46.